The molecular weight excluding hydrogens is 378 g/mol. The summed E-state index contributed by atoms with van der Waals surface area (Å²) in [5.74, 6) is -0.492. The Morgan fingerprint density at radius 1 is 0.800 bits per heavy atom. The van der Waals surface area contributed by atoms with Crippen molar-refractivity contribution in [1.29, 1.82) is 0 Å². The molecule has 0 amide bonds. The summed E-state index contributed by atoms with van der Waals surface area (Å²) < 4.78 is 28.7. The summed E-state index contributed by atoms with van der Waals surface area (Å²) in [6, 6.07) is 23.3. The van der Waals surface area contributed by atoms with Gasteiger partial charge in [0.1, 0.15) is 11.6 Å². The van der Waals surface area contributed by atoms with E-state index in [9.17, 15) is 8.78 Å². The van der Waals surface area contributed by atoms with Crippen molar-refractivity contribution in [2.45, 2.75) is 19.4 Å². The predicted octanol–water partition coefficient (Wildman–Crippen LogP) is 6.27. The zero-order chi connectivity index (χ0) is 20.8. The summed E-state index contributed by atoms with van der Waals surface area (Å²) in [5, 5.41) is 0. The molecule has 1 aromatic heterocycles. The van der Waals surface area contributed by atoms with Crippen LogP contribution in [-0.2, 0) is 13.0 Å². The molecule has 30 heavy (non-hydrogen) atoms. The molecule has 1 heterocycles. The molecule has 2 nitrogen and oxygen atoms in total. The zero-order valence-corrected chi connectivity index (χ0v) is 16.5. The largest absolute Gasteiger partial charge is 0.326 e. The highest BCUT2D eigenvalue weighted by atomic mass is 19.1. The second-order valence-electron chi connectivity index (χ2n) is 7.18. The van der Waals surface area contributed by atoms with Crippen molar-refractivity contribution >= 4 is 5.57 Å². The van der Waals surface area contributed by atoms with Gasteiger partial charge in [0.05, 0.1) is 18.2 Å². The molecule has 0 aliphatic carbocycles. The molecule has 0 saturated heterocycles. The fourth-order valence-corrected chi connectivity index (χ4v) is 3.49. The van der Waals surface area contributed by atoms with E-state index in [0.717, 1.165) is 35.2 Å². The van der Waals surface area contributed by atoms with Gasteiger partial charge in [-0.3, -0.25) is 0 Å². The fourth-order valence-electron chi connectivity index (χ4n) is 3.49. The van der Waals surface area contributed by atoms with E-state index >= 15 is 0 Å². The van der Waals surface area contributed by atoms with Gasteiger partial charge in [-0.2, -0.15) is 0 Å². The fraction of sp³-hybridized carbons (Fsp3) is 0.115. The average molecular weight is 400 g/mol. The van der Waals surface area contributed by atoms with Gasteiger partial charge in [-0.15, -0.1) is 0 Å². The van der Waals surface area contributed by atoms with Gasteiger partial charge < -0.3 is 4.57 Å². The number of aryl methyl sites for hydroxylation is 1. The third-order valence-electron chi connectivity index (χ3n) is 5.03. The smallest absolute Gasteiger partial charge is 0.123 e. The quantitative estimate of drug-likeness (QED) is 0.357. The maximum atomic E-state index is 13.5. The van der Waals surface area contributed by atoms with Crippen LogP contribution in [0.25, 0.3) is 5.57 Å². The minimum absolute atomic E-state index is 0.230. The first-order valence-corrected chi connectivity index (χ1v) is 9.94. The second kappa shape index (κ2) is 9.31. The Kier molecular flexibility index (Phi) is 6.14. The number of imidazole rings is 1. The molecule has 150 valence electrons. The number of allylic oxidation sites excluding steroid dienone is 1. The maximum Gasteiger partial charge on any atom is 0.123 e. The molecule has 0 fully saturated rings. The summed E-state index contributed by atoms with van der Waals surface area (Å²) >= 11 is 0. The Bertz CT molecular complexity index is 1110. The number of aromatic nitrogens is 2. The first kappa shape index (κ1) is 19.8. The molecule has 4 rings (SSSR count). The number of halogens is 2. The number of nitrogens with zero attached hydrogens (tertiary/aromatic N) is 2. The highest BCUT2D eigenvalue weighted by Gasteiger charge is 2.11. The van der Waals surface area contributed by atoms with Gasteiger partial charge in [0.15, 0.2) is 0 Å². The SMILES string of the molecule is Fc1ccc(CCC=C(c2ccc(F)cc2)c2cncn2Cc2ccccc2)cc1. The summed E-state index contributed by atoms with van der Waals surface area (Å²) in [6.07, 6.45) is 7.37. The lowest BCUT2D eigenvalue weighted by Crippen LogP contribution is -2.04. The molecule has 4 heteroatoms. The Morgan fingerprint density at radius 3 is 2.17 bits per heavy atom. The average Bonchev–Trinajstić information content (AvgIpc) is 3.22. The van der Waals surface area contributed by atoms with Gasteiger partial charge in [-0.25, -0.2) is 13.8 Å². The van der Waals surface area contributed by atoms with Crippen LogP contribution in [0.5, 0.6) is 0 Å². The van der Waals surface area contributed by atoms with E-state index in [0.29, 0.717) is 6.54 Å². The lowest BCUT2D eigenvalue weighted by atomic mass is 9.99. The molecule has 0 saturated carbocycles. The molecule has 0 N–H and O–H groups in total. The van der Waals surface area contributed by atoms with Gasteiger partial charge in [0.2, 0.25) is 0 Å². The lowest BCUT2D eigenvalue weighted by Gasteiger charge is -2.13. The predicted molar refractivity (Wildman–Crippen MR) is 116 cm³/mol. The lowest BCUT2D eigenvalue weighted by molar-refractivity contribution is 0.626. The van der Waals surface area contributed by atoms with Crippen LogP contribution in [0.3, 0.4) is 0 Å². The highest BCUT2D eigenvalue weighted by Crippen LogP contribution is 2.25. The molecule has 0 aliphatic heterocycles. The number of rotatable bonds is 7. The Balaban J connectivity index is 1.63. The van der Waals surface area contributed by atoms with E-state index in [-0.39, 0.29) is 11.6 Å². The van der Waals surface area contributed by atoms with Crippen molar-refractivity contribution in [3.05, 3.63) is 131 Å². The molecule has 0 spiro atoms. The van der Waals surface area contributed by atoms with Crippen LogP contribution >= 0.6 is 0 Å². The summed E-state index contributed by atoms with van der Waals surface area (Å²) in [6.45, 7) is 0.701. The van der Waals surface area contributed by atoms with Crippen LogP contribution < -0.4 is 0 Å². The van der Waals surface area contributed by atoms with Gasteiger partial charge in [-0.05, 0) is 53.8 Å². The molecule has 0 unspecified atom stereocenters. The van der Waals surface area contributed by atoms with Crippen molar-refractivity contribution in [3.8, 4) is 0 Å². The topological polar surface area (TPSA) is 17.8 Å². The van der Waals surface area contributed by atoms with Gasteiger partial charge in [-0.1, -0.05) is 60.7 Å². The summed E-state index contributed by atoms with van der Waals surface area (Å²) in [5.41, 5.74) is 5.17. The maximum absolute atomic E-state index is 13.5. The number of hydrogen-bond donors (Lipinski definition) is 0. The van der Waals surface area contributed by atoms with Crippen LogP contribution in [0.15, 0.2) is 97.5 Å². The number of hydrogen-bond acceptors (Lipinski definition) is 1. The van der Waals surface area contributed by atoms with Crippen molar-refractivity contribution in [2.75, 3.05) is 0 Å². The first-order chi connectivity index (χ1) is 14.7. The molecule has 0 atom stereocenters. The van der Waals surface area contributed by atoms with E-state index in [1.54, 1.807) is 24.3 Å². The van der Waals surface area contributed by atoms with E-state index in [1.165, 1.54) is 29.8 Å². The van der Waals surface area contributed by atoms with E-state index in [4.69, 9.17) is 0 Å². The summed E-state index contributed by atoms with van der Waals surface area (Å²) in [4.78, 5) is 4.36. The van der Waals surface area contributed by atoms with Crippen LogP contribution in [0, 0.1) is 11.6 Å². The van der Waals surface area contributed by atoms with Gasteiger partial charge >= 0.3 is 0 Å². The second-order valence-corrected chi connectivity index (χ2v) is 7.18. The Labute approximate surface area is 175 Å². The van der Waals surface area contributed by atoms with Crippen molar-refractivity contribution < 1.29 is 8.78 Å². The third-order valence-corrected chi connectivity index (χ3v) is 5.03. The first-order valence-electron chi connectivity index (χ1n) is 9.94. The normalized spacial score (nSPS) is 11.6. The van der Waals surface area contributed by atoms with E-state index in [2.05, 4.69) is 27.8 Å². The van der Waals surface area contributed by atoms with Crippen molar-refractivity contribution in [3.63, 3.8) is 0 Å². The van der Waals surface area contributed by atoms with Crippen LogP contribution in [0.4, 0.5) is 8.78 Å². The molecule has 0 bridgehead atoms. The Hall–Kier alpha value is -3.53. The van der Waals surface area contributed by atoms with Crippen LogP contribution in [0.1, 0.15) is 28.8 Å². The van der Waals surface area contributed by atoms with Gasteiger partial charge in [0.25, 0.3) is 0 Å². The minimum Gasteiger partial charge on any atom is -0.326 e. The molecule has 0 radical (unpaired) electrons. The Morgan fingerprint density at radius 2 is 1.47 bits per heavy atom. The van der Waals surface area contributed by atoms with Gasteiger partial charge in [0, 0.05) is 12.1 Å². The minimum atomic E-state index is -0.262. The molecule has 3 aromatic carbocycles. The van der Waals surface area contributed by atoms with Crippen LogP contribution in [0.2, 0.25) is 0 Å². The third kappa shape index (κ3) is 4.90. The molecule has 4 aromatic rings. The van der Waals surface area contributed by atoms with Crippen molar-refractivity contribution in [2.24, 2.45) is 0 Å². The molecular formula is C26H22F2N2. The standard InChI is InChI=1S/C26H22F2N2/c27-23-13-9-20(10-14-23)7-4-8-25(22-11-15-24(28)16-12-22)26-17-29-19-30(26)18-21-5-2-1-3-6-21/h1-3,5-6,8-17,19H,4,7,18H2. The van der Waals surface area contributed by atoms with Crippen molar-refractivity contribution in [1.82, 2.24) is 9.55 Å². The zero-order valence-electron chi connectivity index (χ0n) is 16.5. The highest BCUT2D eigenvalue weighted by molar-refractivity contribution is 5.78. The summed E-state index contributed by atoms with van der Waals surface area (Å²) in [7, 11) is 0. The number of benzene rings is 3. The monoisotopic (exact) mass is 400 g/mol. The molecule has 0 aliphatic rings. The van der Waals surface area contributed by atoms with Crippen LogP contribution in [-0.4, -0.2) is 9.55 Å². The van der Waals surface area contributed by atoms with E-state index < -0.39 is 0 Å². The van der Waals surface area contributed by atoms with E-state index in [1.807, 2.05) is 30.7 Å².